The van der Waals surface area contributed by atoms with Gasteiger partial charge < -0.3 is 15.0 Å². The van der Waals surface area contributed by atoms with Crippen LogP contribution in [0.2, 0.25) is 0 Å². The van der Waals surface area contributed by atoms with E-state index in [2.05, 4.69) is 5.32 Å². The zero-order valence-electron chi connectivity index (χ0n) is 13.0. The summed E-state index contributed by atoms with van der Waals surface area (Å²) in [6.45, 7) is 3.17. The number of methoxy groups -OCH3 is 1. The highest BCUT2D eigenvalue weighted by molar-refractivity contribution is 5.89. The summed E-state index contributed by atoms with van der Waals surface area (Å²) in [6.07, 6.45) is 1.27. The first-order valence-corrected chi connectivity index (χ1v) is 7.85. The highest BCUT2D eigenvalue weighted by Crippen LogP contribution is 2.44. The Labute approximate surface area is 130 Å². The smallest absolute Gasteiger partial charge is 0.225 e. The molecule has 1 saturated carbocycles. The van der Waals surface area contributed by atoms with Crippen molar-refractivity contribution in [2.45, 2.75) is 31.7 Å². The van der Waals surface area contributed by atoms with E-state index in [-0.39, 0.29) is 23.8 Å². The third-order valence-corrected chi connectivity index (χ3v) is 4.62. The third-order valence-electron chi connectivity index (χ3n) is 4.62. The summed E-state index contributed by atoms with van der Waals surface area (Å²) in [5, 5.41) is 3.09. The van der Waals surface area contributed by atoms with Gasteiger partial charge in [0.05, 0.1) is 13.0 Å². The van der Waals surface area contributed by atoms with Crippen LogP contribution in [0.4, 0.5) is 0 Å². The monoisotopic (exact) mass is 302 g/mol. The summed E-state index contributed by atoms with van der Waals surface area (Å²) in [5.41, 5.74) is 1.15. The van der Waals surface area contributed by atoms with E-state index in [0.717, 1.165) is 17.7 Å². The first kappa shape index (κ1) is 14.9. The number of nitrogens with one attached hydrogen (secondary N) is 1. The molecule has 3 atom stereocenters. The average Bonchev–Trinajstić information content (AvgIpc) is 3.19. The van der Waals surface area contributed by atoms with Gasteiger partial charge in [0.2, 0.25) is 11.8 Å². The Balaban J connectivity index is 1.58. The Morgan fingerprint density at radius 2 is 2.18 bits per heavy atom. The number of para-hydroxylation sites is 1. The van der Waals surface area contributed by atoms with E-state index in [1.807, 2.05) is 31.2 Å². The molecule has 0 unspecified atom stereocenters. The molecule has 0 radical (unpaired) electrons. The molecule has 2 aliphatic rings. The topological polar surface area (TPSA) is 58.6 Å². The normalized spacial score (nSPS) is 26.9. The first-order chi connectivity index (χ1) is 10.6. The highest BCUT2D eigenvalue weighted by Gasteiger charge is 2.43. The van der Waals surface area contributed by atoms with Gasteiger partial charge in [0, 0.05) is 31.5 Å². The standard InChI is InChI=1S/C17H22N2O3/c1-3-19-10-11(8-16(19)20)17(21)18-14-9-13(14)12-6-4-5-7-15(12)22-2/h4-7,11,13-14H,3,8-10H2,1-2H3,(H,18,21)/t11-,13-,14+/m1/s1. The van der Waals surface area contributed by atoms with Crippen molar-refractivity contribution in [1.29, 1.82) is 0 Å². The van der Waals surface area contributed by atoms with Crippen molar-refractivity contribution in [3.05, 3.63) is 29.8 Å². The van der Waals surface area contributed by atoms with Gasteiger partial charge in [-0.25, -0.2) is 0 Å². The minimum atomic E-state index is -0.202. The van der Waals surface area contributed by atoms with Crippen LogP contribution in [-0.4, -0.2) is 43.0 Å². The molecular formula is C17H22N2O3. The number of benzene rings is 1. The predicted molar refractivity (Wildman–Crippen MR) is 82.6 cm³/mol. The molecule has 1 saturated heterocycles. The van der Waals surface area contributed by atoms with Gasteiger partial charge in [-0.3, -0.25) is 9.59 Å². The molecule has 22 heavy (non-hydrogen) atoms. The fraction of sp³-hybridized carbons (Fsp3) is 0.529. The Kier molecular flexibility index (Phi) is 4.05. The molecule has 1 aliphatic heterocycles. The molecule has 2 amide bonds. The highest BCUT2D eigenvalue weighted by atomic mass is 16.5. The molecule has 5 heteroatoms. The second kappa shape index (κ2) is 5.99. The molecule has 1 heterocycles. The van der Waals surface area contributed by atoms with Crippen molar-refractivity contribution >= 4 is 11.8 Å². The second-order valence-corrected chi connectivity index (χ2v) is 6.03. The summed E-state index contributed by atoms with van der Waals surface area (Å²) in [5.74, 6) is 1.08. The van der Waals surface area contributed by atoms with E-state index < -0.39 is 0 Å². The maximum Gasteiger partial charge on any atom is 0.225 e. The van der Waals surface area contributed by atoms with Crippen LogP contribution in [0.15, 0.2) is 24.3 Å². The van der Waals surface area contributed by atoms with Crippen LogP contribution in [0, 0.1) is 5.92 Å². The molecule has 0 aromatic heterocycles. The molecule has 0 bridgehead atoms. The number of carbonyl (C=O) groups is 2. The lowest BCUT2D eigenvalue weighted by Crippen LogP contribution is -2.34. The molecule has 118 valence electrons. The van der Waals surface area contributed by atoms with E-state index in [4.69, 9.17) is 4.74 Å². The van der Waals surface area contributed by atoms with Crippen LogP contribution in [0.3, 0.4) is 0 Å². The lowest BCUT2D eigenvalue weighted by molar-refractivity contribution is -0.128. The Hall–Kier alpha value is -2.04. The van der Waals surface area contributed by atoms with Crippen molar-refractivity contribution < 1.29 is 14.3 Å². The van der Waals surface area contributed by atoms with Crippen molar-refractivity contribution in [2.24, 2.45) is 5.92 Å². The van der Waals surface area contributed by atoms with E-state index in [1.165, 1.54) is 0 Å². The predicted octanol–water partition coefficient (Wildman–Crippen LogP) is 1.54. The van der Waals surface area contributed by atoms with Crippen LogP contribution >= 0.6 is 0 Å². The molecule has 1 N–H and O–H groups in total. The molecule has 3 rings (SSSR count). The number of hydrogen-bond donors (Lipinski definition) is 1. The summed E-state index contributed by atoms with van der Waals surface area (Å²) < 4.78 is 5.38. The SMILES string of the molecule is CCN1C[C@H](C(=O)N[C@H]2C[C@@H]2c2ccccc2OC)CC1=O. The van der Waals surface area contributed by atoms with Gasteiger partial charge in [0.15, 0.2) is 0 Å². The molecular weight excluding hydrogens is 280 g/mol. The number of ether oxygens (including phenoxy) is 1. The van der Waals surface area contributed by atoms with Crippen molar-refractivity contribution in [3.63, 3.8) is 0 Å². The zero-order valence-corrected chi connectivity index (χ0v) is 13.0. The Morgan fingerprint density at radius 3 is 2.86 bits per heavy atom. The van der Waals surface area contributed by atoms with Gasteiger partial charge in [-0.1, -0.05) is 18.2 Å². The van der Waals surface area contributed by atoms with E-state index in [9.17, 15) is 9.59 Å². The Morgan fingerprint density at radius 1 is 1.41 bits per heavy atom. The maximum atomic E-state index is 12.3. The minimum Gasteiger partial charge on any atom is -0.496 e. The van der Waals surface area contributed by atoms with Crippen LogP contribution in [0.1, 0.15) is 31.2 Å². The third kappa shape index (κ3) is 2.80. The Bertz CT molecular complexity index is 587. The lowest BCUT2D eigenvalue weighted by atomic mass is 10.1. The van der Waals surface area contributed by atoms with Gasteiger partial charge in [0.25, 0.3) is 0 Å². The molecule has 1 aromatic carbocycles. The average molecular weight is 302 g/mol. The molecule has 5 nitrogen and oxygen atoms in total. The molecule has 1 aromatic rings. The van der Waals surface area contributed by atoms with E-state index in [0.29, 0.717) is 25.4 Å². The fourth-order valence-electron chi connectivity index (χ4n) is 3.22. The maximum absolute atomic E-state index is 12.3. The molecule has 1 aliphatic carbocycles. The summed E-state index contributed by atoms with van der Waals surface area (Å²) in [4.78, 5) is 25.8. The lowest BCUT2D eigenvalue weighted by Gasteiger charge is -2.14. The summed E-state index contributed by atoms with van der Waals surface area (Å²) in [7, 11) is 1.66. The number of amides is 2. The van der Waals surface area contributed by atoms with Crippen molar-refractivity contribution in [1.82, 2.24) is 10.2 Å². The van der Waals surface area contributed by atoms with Crippen LogP contribution < -0.4 is 10.1 Å². The largest absolute Gasteiger partial charge is 0.496 e. The van der Waals surface area contributed by atoms with E-state index in [1.54, 1.807) is 12.0 Å². The van der Waals surface area contributed by atoms with Crippen molar-refractivity contribution in [2.75, 3.05) is 20.2 Å². The summed E-state index contributed by atoms with van der Waals surface area (Å²) in [6, 6.07) is 8.09. The minimum absolute atomic E-state index is 0.00620. The van der Waals surface area contributed by atoms with Gasteiger partial charge >= 0.3 is 0 Å². The van der Waals surface area contributed by atoms with Crippen molar-refractivity contribution in [3.8, 4) is 5.75 Å². The fourth-order valence-corrected chi connectivity index (χ4v) is 3.22. The molecule has 0 spiro atoms. The number of hydrogen-bond acceptors (Lipinski definition) is 3. The number of rotatable bonds is 5. The first-order valence-electron chi connectivity index (χ1n) is 7.85. The number of carbonyl (C=O) groups excluding carboxylic acids is 2. The van der Waals surface area contributed by atoms with E-state index >= 15 is 0 Å². The van der Waals surface area contributed by atoms with Crippen LogP contribution in [-0.2, 0) is 9.59 Å². The number of nitrogens with zero attached hydrogens (tertiary/aromatic N) is 1. The van der Waals surface area contributed by atoms with Gasteiger partial charge in [-0.2, -0.15) is 0 Å². The van der Waals surface area contributed by atoms with Gasteiger partial charge in [-0.15, -0.1) is 0 Å². The molecule has 2 fully saturated rings. The van der Waals surface area contributed by atoms with Crippen LogP contribution in [0.25, 0.3) is 0 Å². The quantitative estimate of drug-likeness (QED) is 0.897. The summed E-state index contributed by atoms with van der Waals surface area (Å²) >= 11 is 0. The van der Waals surface area contributed by atoms with Crippen LogP contribution in [0.5, 0.6) is 5.75 Å². The van der Waals surface area contributed by atoms with Gasteiger partial charge in [0.1, 0.15) is 5.75 Å². The van der Waals surface area contributed by atoms with Gasteiger partial charge in [-0.05, 0) is 25.0 Å². The zero-order chi connectivity index (χ0) is 15.7. The second-order valence-electron chi connectivity index (χ2n) is 6.03. The number of likely N-dealkylation sites (tertiary alicyclic amines) is 1.